The van der Waals surface area contributed by atoms with Gasteiger partial charge in [-0.1, -0.05) is 43.5 Å². The number of para-hydroxylation sites is 1. The lowest BCUT2D eigenvalue weighted by Crippen LogP contribution is -2.42. The van der Waals surface area contributed by atoms with Crippen molar-refractivity contribution in [2.75, 3.05) is 0 Å². The number of carbonyl (C=O) groups is 1. The maximum Gasteiger partial charge on any atom is 0.315 e. The van der Waals surface area contributed by atoms with Gasteiger partial charge in [0.1, 0.15) is 0 Å². The molecular formula is C21H25N3OS. The van der Waals surface area contributed by atoms with Crippen LogP contribution in [0.25, 0.3) is 21.5 Å². The highest BCUT2D eigenvalue weighted by Gasteiger charge is 2.19. The Morgan fingerprint density at radius 3 is 2.73 bits per heavy atom. The molecule has 0 aliphatic heterocycles. The Hall–Kier alpha value is -2.27. The largest absolute Gasteiger partial charge is 0.343 e. The van der Waals surface area contributed by atoms with Crippen molar-refractivity contribution in [3.8, 4) is 10.6 Å². The van der Waals surface area contributed by atoms with Crippen molar-refractivity contribution in [2.24, 2.45) is 7.05 Å². The molecule has 5 heteroatoms. The number of nitrogens with one attached hydrogen (secondary N) is 2. The summed E-state index contributed by atoms with van der Waals surface area (Å²) >= 11 is 1.73. The lowest BCUT2D eigenvalue weighted by molar-refractivity contribution is 0.232. The first-order chi connectivity index (χ1) is 12.7. The fraction of sp³-hybridized carbons (Fsp3) is 0.381. The van der Waals surface area contributed by atoms with E-state index < -0.39 is 0 Å². The van der Waals surface area contributed by atoms with Gasteiger partial charge in [0.05, 0.1) is 10.6 Å². The summed E-state index contributed by atoms with van der Waals surface area (Å²) < 4.78 is 2.23. The van der Waals surface area contributed by atoms with E-state index >= 15 is 0 Å². The average molecular weight is 368 g/mol. The fourth-order valence-corrected chi connectivity index (χ4v) is 4.86. The summed E-state index contributed by atoms with van der Waals surface area (Å²) in [5.74, 6) is 0. The van der Waals surface area contributed by atoms with Crippen LogP contribution >= 0.6 is 11.3 Å². The first-order valence-corrected chi connectivity index (χ1v) is 10.3. The number of rotatable bonds is 4. The normalized spacial score (nSPS) is 15.3. The van der Waals surface area contributed by atoms with Gasteiger partial charge in [-0.3, -0.25) is 0 Å². The van der Waals surface area contributed by atoms with Crippen LogP contribution in [0.4, 0.5) is 4.79 Å². The highest BCUT2D eigenvalue weighted by atomic mass is 32.1. The van der Waals surface area contributed by atoms with Gasteiger partial charge in [0.15, 0.2) is 0 Å². The van der Waals surface area contributed by atoms with Gasteiger partial charge in [-0.2, -0.15) is 0 Å². The smallest absolute Gasteiger partial charge is 0.315 e. The molecule has 1 aromatic carbocycles. The van der Waals surface area contributed by atoms with Crippen molar-refractivity contribution in [1.29, 1.82) is 0 Å². The van der Waals surface area contributed by atoms with Crippen molar-refractivity contribution >= 4 is 28.3 Å². The predicted octanol–water partition coefficient (Wildman–Crippen LogP) is 5.04. The third-order valence-electron chi connectivity index (χ3n) is 5.33. The number of nitrogens with zero attached hydrogens (tertiary/aromatic N) is 1. The Labute approximate surface area is 158 Å². The quantitative estimate of drug-likeness (QED) is 0.667. The van der Waals surface area contributed by atoms with E-state index in [-0.39, 0.29) is 6.03 Å². The number of hydrogen-bond donors (Lipinski definition) is 2. The maximum atomic E-state index is 12.4. The van der Waals surface area contributed by atoms with Crippen LogP contribution < -0.4 is 10.6 Å². The first-order valence-electron chi connectivity index (χ1n) is 9.38. The van der Waals surface area contributed by atoms with Crippen LogP contribution in [0.5, 0.6) is 0 Å². The summed E-state index contributed by atoms with van der Waals surface area (Å²) in [6.07, 6.45) is 5.93. The number of fused-ring (bicyclic) bond motifs is 1. The van der Waals surface area contributed by atoms with E-state index in [1.807, 2.05) is 0 Å². The molecule has 3 aromatic rings. The Balaban J connectivity index is 1.57. The van der Waals surface area contributed by atoms with Crippen LogP contribution in [0, 0.1) is 0 Å². The molecular weight excluding hydrogens is 342 g/mol. The van der Waals surface area contributed by atoms with Gasteiger partial charge in [-0.15, -0.1) is 11.3 Å². The molecule has 0 spiro atoms. The molecule has 2 heterocycles. The molecule has 2 N–H and O–H groups in total. The summed E-state index contributed by atoms with van der Waals surface area (Å²) in [4.78, 5) is 13.6. The van der Waals surface area contributed by atoms with E-state index in [1.165, 1.54) is 46.3 Å². The molecule has 0 atom stereocenters. The van der Waals surface area contributed by atoms with Crippen LogP contribution in [-0.4, -0.2) is 16.6 Å². The number of hydrogen-bond acceptors (Lipinski definition) is 2. The average Bonchev–Trinajstić information content (AvgIpc) is 3.28. The van der Waals surface area contributed by atoms with E-state index in [1.54, 1.807) is 11.3 Å². The maximum absolute atomic E-state index is 12.4. The highest BCUT2D eigenvalue weighted by Crippen LogP contribution is 2.35. The van der Waals surface area contributed by atoms with Crippen molar-refractivity contribution in [2.45, 2.75) is 44.7 Å². The zero-order chi connectivity index (χ0) is 17.9. The SMILES string of the molecule is Cn1c(-c2cccs2)c(CNC(=O)NC2CCCCC2)c2ccccc21. The van der Waals surface area contributed by atoms with Crippen molar-refractivity contribution in [3.05, 3.63) is 47.3 Å². The lowest BCUT2D eigenvalue weighted by Gasteiger charge is -2.22. The third kappa shape index (κ3) is 3.36. The van der Waals surface area contributed by atoms with Crippen LogP contribution in [0.3, 0.4) is 0 Å². The van der Waals surface area contributed by atoms with Gasteiger partial charge in [0.25, 0.3) is 0 Å². The molecule has 2 amide bonds. The molecule has 0 bridgehead atoms. The Kier molecular flexibility index (Phi) is 4.98. The van der Waals surface area contributed by atoms with E-state index in [0.717, 1.165) is 12.8 Å². The van der Waals surface area contributed by atoms with Crippen LogP contribution in [0.15, 0.2) is 41.8 Å². The monoisotopic (exact) mass is 367 g/mol. The van der Waals surface area contributed by atoms with Gasteiger partial charge < -0.3 is 15.2 Å². The number of aryl methyl sites for hydroxylation is 1. The van der Waals surface area contributed by atoms with Crippen molar-refractivity contribution in [3.63, 3.8) is 0 Å². The molecule has 1 fully saturated rings. The standard InChI is InChI=1S/C21H25N3OS/c1-24-18-11-6-5-10-16(18)17(20(24)19-12-7-13-26-19)14-22-21(25)23-15-8-3-2-4-9-15/h5-7,10-13,15H,2-4,8-9,14H2,1H3,(H2,22,23,25). The molecule has 1 aliphatic carbocycles. The topological polar surface area (TPSA) is 46.1 Å². The molecule has 1 aliphatic rings. The molecule has 2 aromatic heterocycles. The number of thiophene rings is 1. The number of benzene rings is 1. The summed E-state index contributed by atoms with van der Waals surface area (Å²) in [5, 5.41) is 9.54. The molecule has 0 saturated heterocycles. The number of amides is 2. The second-order valence-corrected chi connectivity index (χ2v) is 7.99. The predicted molar refractivity (Wildman–Crippen MR) is 108 cm³/mol. The minimum atomic E-state index is -0.0537. The van der Waals surface area contributed by atoms with Gasteiger partial charge in [0, 0.05) is 36.1 Å². The van der Waals surface area contributed by atoms with Crippen LogP contribution in [-0.2, 0) is 13.6 Å². The van der Waals surface area contributed by atoms with Crippen molar-refractivity contribution < 1.29 is 4.79 Å². The van der Waals surface area contributed by atoms with E-state index in [9.17, 15) is 4.79 Å². The Morgan fingerprint density at radius 1 is 1.15 bits per heavy atom. The lowest BCUT2D eigenvalue weighted by atomic mass is 9.96. The minimum absolute atomic E-state index is 0.0537. The first kappa shape index (κ1) is 17.2. The molecule has 1 saturated carbocycles. The number of aromatic nitrogens is 1. The van der Waals surface area contributed by atoms with E-state index in [2.05, 4.69) is 64.0 Å². The zero-order valence-electron chi connectivity index (χ0n) is 15.1. The molecule has 136 valence electrons. The summed E-state index contributed by atoms with van der Waals surface area (Å²) in [5.41, 5.74) is 3.57. The van der Waals surface area contributed by atoms with Crippen LogP contribution in [0.1, 0.15) is 37.7 Å². The fourth-order valence-electron chi connectivity index (χ4n) is 4.03. The Morgan fingerprint density at radius 2 is 1.96 bits per heavy atom. The summed E-state index contributed by atoms with van der Waals surface area (Å²) in [7, 11) is 2.10. The second-order valence-electron chi connectivity index (χ2n) is 7.04. The van der Waals surface area contributed by atoms with Crippen LogP contribution in [0.2, 0.25) is 0 Å². The molecule has 0 radical (unpaired) electrons. The van der Waals surface area contributed by atoms with E-state index in [0.29, 0.717) is 12.6 Å². The molecule has 0 unspecified atom stereocenters. The molecule has 26 heavy (non-hydrogen) atoms. The highest BCUT2D eigenvalue weighted by molar-refractivity contribution is 7.13. The van der Waals surface area contributed by atoms with Gasteiger partial charge in [0.2, 0.25) is 0 Å². The zero-order valence-corrected chi connectivity index (χ0v) is 15.9. The van der Waals surface area contributed by atoms with Gasteiger partial charge in [-0.05, 0) is 30.4 Å². The van der Waals surface area contributed by atoms with Crippen molar-refractivity contribution in [1.82, 2.24) is 15.2 Å². The Bertz CT molecular complexity index is 892. The molecule has 4 nitrogen and oxygen atoms in total. The third-order valence-corrected chi connectivity index (χ3v) is 6.21. The summed E-state index contributed by atoms with van der Waals surface area (Å²) in [6.45, 7) is 0.535. The van der Waals surface area contributed by atoms with Gasteiger partial charge in [-0.25, -0.2) is 4.79 Å². The number of urea groups is 1. The molecule has 4 rings (SSSR count). The summed E-state index contributed by atoms with van der Waals surface area (Å²) in [6, 6.07) is 12.9. The number of carbonyl (C=O) groups excluding carboxylic acids is 1. The second kappa shape index (κ2) is 7.54. The van der Waals surface area contributed by atoms with Gasteiger partial charge >= 0.3 is 6.03 Å². The minimum Gasteiger partial charge on any atom is -0.343 e. The van der Waals surface area contributed by atoms with E-state index in [4.69, 9.17) is 0 Å².